The van der Waals surface area contributed by atoms with Crippen LogP contribution in [0.4, 0.5) is 4.39 Å². The molecule has 1 fully saturated rings. The van der Waals surface area contributed by atoms with E-state index in [9.17, 15) is 19.4 Å². The van der Waals surface area contributed by atoms with Gasteiger partial charge in [-0.05, 0) is 36.6 Å². The summed E-state index contributed by atoms with van der Waals surface area (Å²) < 4.78 is 14.3. The molecule has 0 aliphatic carbocycles. The molecule has 6 nitrogen and oxygen atoms in total. The van der Waals surface area contributed by atoms with Crippen LogP contribution in [-0.2, 0) is 0 Å². The van der Waals surface area contributed by atoms with Crippen molar-refractivity contribution < 1.29 is 19.4 Å². The largest absolute Gasteiger partial charge is 0.504 e. The molecular weight excluding hydrogens is 301 g/mol. The minimum absolute atomic E-state index is 0.0731. The Morgan fingerprint density at radius 2 is 2.04 bits per heavy atom. The number of hydrogen-bond acceptors (Lipinski definition) is 4. The van der Waals surface area contributed by atoms with E-state index in [1.165, 1.54) is 40.0 Å². The monoisotopic (exact) mass is 319 g/mol. The molecule has 0 spiro atoms. The second-order valence-corrected chi connectivity index (χ2v) is 5.87. The van der Waals surface area contributed by atoms with Crippen molar-refractivity contribution in [3.63, 3.8) is 0 Å². The van der Waals surface area contributed by atoms with E-state index in [0.29, 0.717) is 18.7 Å². The Bertz CT molecular complexity index is 714. The quantitative estimate of drug-likeness (QED) is 0.880. The number of halogens is 1. The Labute approximate surface area is 132 Å². The maximum absolute atomic E-state index is 13.0. The number of aliphatic hydroxyl groups excluding tert-OH is 1. The third-order valence-corrected chi connectivity index (χ3v) is 4.19. The number of hydrogen-bond donors (Lipinski definition) is 2. The number of aromatic nitrogens is 2. The highest BCUT2D eigenvalue weighted by atomic mass is 19.1. The zero-order valence-electron chi connectivity index (χ0n) is 12.7. The zero-order chi connectivity index (χ0) is 16.6. The first-order valence-electron chi connectivity index (χ1n) is 7.47. The van der Waals surface area contributed by atoms with Gasteiger partial charge >= 0.3 is 0 Å². The van der Waals surface area contributed by atoms with Crippen LogP contribution in [0.2, 0.25) is 0 Å². The Morgan fingerprint density at radius 3 is 2.70 bits per heavy atom. The second-order valence-electron chi connectivity index (χ2n) is 5.87. The number of rotatable bonds is 2. The van der Waals surface area contributed by atoms with Crippen LogP contribution in [0.15, 0.2) is 30.5 Å². The van der Waals surface area contributed by atoms with Gasteiger partial charge in [0.2, 0.25) is 0 Å². The molecular formula is C16H18FN3O3. The number of aliphatic hydroxyl groups is 1. The van der Waals surface area contributed by atoms with Gasteiger partial charge in [0.15, 0.2) is 11.4 Å². The standard InChI is InChI=1S/C16H18FN3O3/c1-10-6-7-19(8-13(10)21)16(23)15-14(22)9-20(18-15)12-4-2-11(17)3-5-12/h2-5,9-10,13,21-22H,6-8H2,1H3. The van der Waals surface area contributed by atoms with E-state index in [-0.39, 0.29) is 29.7 Å². The maximum atomic E-state index is 13.0. The van der Waals surface area contributed by atoms with Crippen molar-refractivity contribution in [2.24, 2.45) is 5.92 Å². The van der Waals surface area contributed by atoms with Crippen LogP contribution in [0.3, 0.4) is 0 Å². The number of carbonyl (C=O) groups is 1. The van der Waals surface area contributed by atoms with Gasteiger partial charge in [-0.25, -0.2) is 9.07 Å². The number of piperidine rings is 1. The van der Waals surface area contributed by atoms with Crippen molar-refractivity contribution >= 4 is 5.91 Å². The molecule has 7 heteroatoms. The van der Waals surface area contributed by atoms with Crippen LogP contribution >= 0.6 is 0 Å². The summed E-state index contributed by atoms with van der Waals surface area (Å²) >= 11 is 0. The van der Waals surface area contributed by atoms with Gasteiger partial charge in [-0.3, -0.25) is 4.79 Å². The zero-order valence-corrected chi connectivity index (χ0v) is 12.7. The first-order chi connectivity index (χ1) is 11.0. The lowest BCUT2D eigenvalue weighted by molar-refractivity contribution is 0.0243. The van der Waals surface area contributed by atoms with Crippen molar-refractivity contribution in [2.75, 3.05) is 13.1 Å². The number of nitrogens with zero attached hydrogens (tertiary/aromatic N) is 3. The molecule has 1 aliphatic rings. The van der Waals surface area contributed by atoms with Gasteiger partial charge in [0.25, 0.3) is 5.91 Å². The summed E-state index contributed by atoms with van der Waals surface area (Å²) in [4.78, 5) is 14.0. The maximum Gasteiger partial charge on any atom is 0.278 e. The Morgan fingerprint density at radius 1 is 1.35 bits per heavy atom. The Balaban J connectivity index is 1.83. The van der Waals surface area contributed by atoms with Gasteiger partial charge in [0.05, 0.1) is 18.0 Å². The summed E-state index contributed by atoms with van der Waals surface area (Å²) in [7, 11) is 0. The Hall–Kier alpha value is -2.41. The molecule has 3 rings (SSSR count). The van der Waals surface area contributed by atoms with E-state index in [1.54, 1.807) is 0 Å². The lowest BCUT2D eigenvalue weighted by Crippen LogP contribution is -2.46. The van der Waals surface area contributed by atoms with Crippen molar-refractivity contribution in [2.45, 2.75) is 19.4 Å². The molecule has 23 heavy (non-hydrogen) atoms. The average Bonchev–Trinajstić information content (AvgIpc) is 2.92. The summed E-state index contributed by atoms with van der Waals surface area (Å²) in [6, 6.07) is 5.56. The number of carbonyl (C=O) groups excluding carboxylic acids is 1. The molecule has 1 aromatic carbocycles. The van der Waals surface area contributed by atoms with Gasteiger partial charge in [-0.2, -0.15) is 5.10 Å². The summed E-state index contributed by atoms with van der Waals surface area (Å²) in [5, 5.41) is 24.0. The molecule has 2 atom stereocenters. The van der Waals surface area contributed by atoms with Gasteiger partial charge < -0.3 is 15.1 Å². The minimum Gasteiger partial charge on any atom is -0.504 e. The first-order valence-corrected chi connectivity index (χ1v) is 7.47. The molecule has 1 saturated heterocycles. The summed E-state index contributed by atoms with van der Waals surface area (Å²) in [5.41, 5.74) is 0.462. The minimum atomic E-state index is -0.575. The predicted octanol–water partition coefficient (Wildman–Crippen LogP) is 1.56. The smallest absolute Gasteiger partial charge is 0.278 e. The SMILES string of the molecule is CC1CCN(C(=O)c2nn(-c3ccc(F)cc3)cc2O)CC1O. The van der Waals surface area contributed by atoms with Crippen molar-refractivity contribution in [1.29, 1.82) is 0 Å². The van der Waals surface area contributed by atoms with Gasteiger partial charge in [0, 0.05) is 13.1 Å². The van der Waals surface area contributed by atoms with E-state index in [0.717, 1.165) is 0 Å². The highest BCUT2D eigenvalue weighted by Gasteiger charge is 2.30. The molecule has 2 unspecified atom stereocenters. The van der Waals surface area contributed by atoms with E-state index in [4.69, 9.17) is 0 Å². The summed E-state index contributed by atoms with van der Waals surface area (Å²) in [5.74, 6) is -0.899. The third kappa shape index (κ3) is 3.05. The third-order valence-electron chi connectivity index (χ3n) is 4.19. The first kappa shape index (κ1) is 15.5. The molecule has 1 amide bonds. The van der Waals surface area contributed by atoms with E-state index in [1.807, 2.05) is 6.92 Å². The molecule has 0 bridgehead atoms. The number of aromatic hydroxyl groups is 1. The van der Waals surface area contributed by atoms with Crippen molar-refractivity contribution in [3.8, 4) is 11.4 Å². The highest BCUT2D eigenvalue weighted by Crippen LogP contribution is 2.23. The van der Waals surface area contributed by atoms with Crippen LogP contribution < -0.4 is 0 Å². The van der Waals surface area contributed by atoms with Crippen LogP contribution in [0, 0.1) is 11.7 Å². The number of amides is 1. The van der Waals surface area contributed by atoms with E-state index in [2.05, 4.69) is 5.10 Å². The molecule has 0 radical (unpaired) electrons. The highest BCUT2D eigenvalue weighted by molar-refractivity contribution is 5.95. The lowest BCUT2D eigenvalue weighted by atomic mass is 9.96. The van der Waals surface area contributed by atoms with Crippen molar-refractivity contribution in [1.82, 2.24) is 14.7 Å². The summed E-state index contributed by atoms with van der Waals surface area (Å²) in [6.07, 6.45) is 1.43. The molecule has 122 valence electrons. The van der Waals surface area contributed by atoms with Crippen molar-refractivity contribution in [3.05, 3.63) is 42.0 Å². The second kappa shape index (κ2) is 6.00. The fourth-order valence-electron chi connectivity index (χ4n) is 2.63. The van der Waals surface area contributed by atoms with Crippen LogP contribution in [0.5, 0.6) is 5.75 Å². The lowest BCUT2D eigenvalue weighted by Gasteiger charge is -2.33. The van der Waals surface area contributed by atoms with Crippen LogP contribution in [0.25, 0.3) is 5.69 Å². The number of β-amino-alcohol motifs (C(OH)–C–C–N with tert-alkyl or cyclic N) is 1. The molecule has 2 heterocycles. The summed E-state index contributed by atoms with van der Waals surface area (Å²) in [6.45, 7) is 2.68. The fourth-order valence-corrected chi connectivity index (χ4v) is 2.63. The molecule has 1 aromatic heterocycles. The van der Waals surface area contributed by atoms with E-state index < -0.39 is 12.0 Å². The van der Waals surface area contributed by atoms with E-state index >= 15 is 0 Å². The molecule has 1 aliphatic heterocycles. The molecule has 2 N–H and O–H groups in total. The van der Waals surface area contributed by atoms with Gasteiger partial charge in [-0.15, -0.1) is 0 Å². The Kier molecular flexibility index (Phi) is 4.04. The normalized spacial score (nSPS) is 21.4. The topological polar surface area (TPSA) is 78.6 Å². The average molecular weight is 319 g/mol. The van der Waals surface area contributed by atoms with Crippen LogP contribution in [0.1, 0.15) is 23.8 Å². The van der Waals surface area contributed by atoms with Gasteiger partial charge in [0.1, 0.15) is 5.82 Å². The molecule has 2 aromatic rings. The number of likely N-dealkylation sites (tertiary alicyclic amines) is 1. The van der Waals surface area contributed by atoms with Gasteiger partial charge in [-0.1, -0.05) is 6.92 Å². The van der Waals surface area contributed by atoms with Crippen LogP contribution in [-0.4, -0.2) is 50.0 Å². The number of benzene rings is 1. The molecule has 0 saturated carbocycles. The fraction of sp³-hybridized carbons (Fsp3) is 0.375. The predicted molar refractivity (Wildman–Crippen MR) is 80.9 cm³/mol.